The second-order valence-electron chi connectivity index (χ2n) is 4.41. The third-order valence-corrected chi connectivity index (χ3v) is 3.17. The number of nitrogens with zero attached hydrogens (tertiary/aromatic N) is 2. The summed E-state index contributed by atoms with van der Waals surface area (Å²) >= 11 is 0. The highest BCUT2D eigenvalue weighted by Crippen LogP contribution is 2.20. The Morgan fingerprint density at radius 3 is 2.78 bits per heavy atom. The van der Waals surface area contributed by atoms with Gasteiger partial charge in [-0.3, -0.25) is 4.68 Å². The van der Waals surface area contributed by atoms with Crippen LogP contribution in [0.1, 0.15) is 37.0 Å². The SMILES string of the molecule is CCc1ccc(C(Cc2cnn(CC)c2)NC)o1. The molecular formula is C14H21N3O. The predicted molar refractivity (Wildman–Crippen MR) is 71.5 cm³/mol. The van der Waals surface area contributed by atoms with Crippen molar-refractivity contribution in [3.63, 3.8) is 0 Å². The molecule has 2 aromatic heterocycles. The zero-order chi connectivity index (χ0) is 13.0. The fourth-order valence-electron chi connectivity index (χ4n) is 2.04. The van der Waals surface area contributed by atoms with Gasteiger partial charge in [0.2, 0.25) is 0 Å². The highest BCUT2D eigenvalue weighted by atomic mass is 16.3. The second-order valence-corrected chi connectivity index (χ2v) is 4.41. The van der Waals surface area contributed by atoms with E-state index in [-0.39, 0.29) is 6.04 Å². The average molecular weight is 247 g/mol. The maximum Gasteiger partial charge on any atom is 0.121 e. The third kappa shape index (κ3) is 2.82. The molecule has 98 valence electrons. The van der Waals surface area contributed by atoms with Gasteiger partial charge in [0.05, 0.1) is 12.2 Å². The summed E-state index contributed by atoms with van der Waals surface area (Å²) in [6.07, 6.45) is 5.85. The van der Waals surface area contributed by atoms with Gasteiger partial charge in [0, 0.05) is 19.2 Å². The molecule has 1 N–H and O–H groups in total. The summed E-state index contributed by atoms with van der Waals surface area (Å²) in [5, 5.41) is 7.60. The van der Waals surface area contributed by atoms with E-state index in [2.05, 4.69) is 42.6 Å². The topological polar surface area (TPSA) is 43.0 Å². The molecule has 0 aliphatic rings. The zero-order valence-electron chi connectivity index (χ0n) is 11.3. The molecule has 0 aliphatic heterocycles. The summed E-state index contributed by atoms with van der Waals surface area (Å²) in [6, 6.07) is 4.32. The fourth-order valence-corrected chi connectivity index (χ4v) is 2.04. The van der Waals surface area contributed by atoms with Crippen LogP contribution in [0.25, 0.3) is 0 Å². The molecule has 4 heteroatoms. The van der Waals surface area contributed by atoms with E-state index in [4.69, 9.17) is 4.42 Å². The van der Waals surface area contributed by atoms with E-state index in [1.54, 1.807) is 0 Å². The third-order valence-electron chi connectivity index (χ3n) is 3.17. The van der Waals surface area contributed by atoms with E-state index in [1.807, 2.05) is 17.9 Å². The standard InChI is InChI=1S/C14H21N3O/c1-4-12-6-7-14(18-12)13(15-3)8-11-9-16-17(5-2)10-11/h6-7,9-10,13,15H,4-5,8H2,1-3H3. The van der Waals surface area contributed by atoms with Crippen molar-refractivity contribution < 1.29 is 4.42 Å². The van der Waals surface area contributed by atoms with Gasteiger partial charge in [-0.15, -0.1) is 0 Å². The highest BCUT2D eigenvalue weighted by molar-refractivity contribution is 5.15. The van der Waals surface area contributed by atoms with Crippen LogP contribution >= 0.6 is 0 Å². The minimum absolute atomic E-state index is 0.208. The number of hydrogen-bond acceptors (Lipinski definition) is 3. The number of aromatic nitrogens is 2. The summed E-state index contributed by atoms with van der Waals surface area (Å²) in [4.78, 5) is 0. The van der Waals surface area contributed by atoms with Crippen molar-refractivity contribution in [2.45, 2.75) is 39.3 Å². The van der Waals surface area contributed by atoms with E-state index in [0.717, 1.165) is 30.9 Å². The van der Waals surface area contributed by atoms with Crippen LogP contribution in [0, 0.1) is 0 Å². The van der Waals surface area contributed by atoms with E-state index in [1.165, 1.54) is 5.56 Å². The normalized spacial score (nSPS) is 12.8. The Balaban J connectivity index is 2.08. The van der Waals surface area contributed by atoms with E-state index in [0.29, 0.717) is 0 Å². The first-order valence-corrected chi connectivity index (χ1v) is 6.54. The molecule has 0 radical (unpaired) electrons. The predicted octanol–water partition coefficient (Wildman–Crippen LogP) is 2.56. The number of likely N-dealkylation sites (N-methyl/N-ethyl adjacent to an activating group) is 1. The van der Waals surface area contributed by atoms with Crippen molar-refractivity contribution in [2.24, 2.45) is 0 Å². The van der Waals surface area contributed by atoms with Crippen molar-refractivity contribution in [3.05, 3.63) is 41.6 Å². The van der Waals surface area contributed by atoms with Crippen molar-refractivity contribution in [3.8, 4) is 0 Å². The molecule has 0 aliphatic carbocycles. The van der Waals surface area contributed by atoms with Gasteiger partial charge in [-0.05, 0) is 38.1 Å². The Bertz CT molecular complexity index is 487. The van der Waals surface area contributed by atoms with E-state index >= 15 is 0 Å². The molecule has 0 saturated heterocycles. The fraction of sp³-hybridized carbons (Fsp3) is 0.500. The lowest BCUT2D eigenvalue weighted by Crippen LogP contribution is -2.18. The monoisotopic (exact) mass is 247 g/mol. The summed E-state index contributed by atoms with van der Waals surface area (Å²) in [6.45, 7) is 5.10. The first-order valence-electron chi connectivity index (χ1n) is 6.54. The Labute approximate surface area is 108 Å². The molecule has 0 fully saturated rings. The molecule has 0 spiro atoms. The van der Waals surface area contributed by atoms with Gasteiger partial charge in [-0.1, -0.05) is 6.92 Å². The Hall–Kier alpha value is -1.55. The van der Waals surface area contributed by atoms with Crippen LogP contribution in [0.15, 0.2) is 28.9 Å². The number of furan rings is 1. The van der Waals surface area contributed by atoms with Gasteiger partial charge in [-0.2, -0.15) is 5.10 Å². The zero-order valence-corrected chi connectivity index (χ0v) is 11.3. The van der Waals surface area contributed by atoms with Crippen LogP contribution in [0.5, 0.6) is 0 Å². The van der Waals surface area contributed by atoms with Crippen LogP contribution in [-0.4, -0.2) is 16.8 Å². The summed E-state index contributed by atoms with van der Waals surface area (Å²) in [7, 11) is 1.96. The van der Waals surface area contributed by atoms with Crippen LogP contribution in [0.4, 0.5) is 0 Å². The lowest BCUT2D eigenvalue weighted by molar-refractivity contribution is 0.407. The summed E-state index contributed by atoms with van der Waals surface area (Å²) in [5.41, 5.74) is 1.23. The number of rotatable bonds is 6. The molecule has 2 rings (SSSR count). The summed E-state index contributed by atoms with van der Waals surface area (Å²) < 4.78 is 7.75. The minimum Gasteiger partial charge on any atom is -0.464 e. The molecule has 0 aromatic carbocycles. The maximum absolute atomic E-state index is 5.80. The second kappa shape index (κ2) is 5.87. The number of hydrogen-bond donors (Lipinski definition) is 1. The number of nitrogens with one attached hydrogen (secondary N) is 1. The molecule has 1 unspecified atom stereocenters. The Kier molecular flexibility index (Phi) is 4.20. The Morgan fingerprint density at radius 1 is 1.39 bits per heavy atom. The average Bonchev–Trinajstić information content (AvgIpc) is 3.04. The van der Waals surface area contributed by atoms with Crippen LogP contribution in [-0.2, 0) is 19.4 Å². The molecule has 0 saturated carbocycles. The lowest BCUT2D eigenvalue weighted by Gasteiger charge is -2.12. The molecule has 0 bridgehead atoms. The van der Waals surface area contributed by atoms with Crippen LogP contribution in [0.3, 0.4) is 0 Å². The van der Waals surface area contributed by atoms with Crippen LogP contribution in [0.2, 0.25) is 0 Å². The largest absolute Gasteiger partial charge is 0.464 e. The van der Waals surface area contributed by atoms with Crippen LogP contribution < -0.4 is 5.32 Å². The molecule has 18 heavy (non-hydrogen) atoms. The van der Waals surface area contributed by atoms with Crippen molar-refractivity contribution in [1.29, 1.82) is 0 Å². The molecule has 4 nitrogen and oxygen atoms in total. The summed E-state index contributed by atoms with van der Waals surface area (Å²) in [5.74, 6) is 2.04. The molecule has 1 atom stereocenters. The first kappa shape index (κ1) is 12.9. The van der Waals surface area contributed by atoms with Gasteiger partial charge in [0.1, 0.15) is 11.5 Å². The Morgan fingerprint density at radius 2 is 2.22 bits per heavy atom. The van der Waals surface area contributed by atoms with E-state index in [9.17, 15) is 0 Å². The van der Waals surface area contributed by atoms with Gasteiger partial charge >= 0.3 is 0 Å². The highest BCUT2D eigenvalue weighted by Gasteiger charge is 2.15. The molecule has 2 heterocycles. The van der Waals surface area contributed by atoms with Crippen molar-refractivity contribution >= 4 is 0 Å². The van der Waals surface area contributed by atoms with Gasteiger partial charge in [-0.25, -0.2) is 0 Å². The quantitative estimate of drug-likeness (QED) is 0.853. The minimum atomic E-state index is 0.208. The van der Waals surface area contributed by atoms with Gasteiger partial charge < -0.3 is 9.73 Å². The van der Waals surface area contributed by atoms with Gasteiger partial charge in [0.25, 0.3) is 0 Å². The van der Waals surface area contributed by atoms with Crippen molar-refractivity contribution in [2.75, 3.05) is 7.05 Å². The lowest BCUT2D eigenvalue weighted by atomic mass is 10.1. The maximum atomic E-state index is 5.80. The van der Waals surface area contributed by atoms with E-state index < -0.39 is 0 Å². The first-order chi connectivity index (χ1) is 8.76. The molecule has 0 amide bonds. The van der Waals surface area contributed by atoms with Crippen molar-refractivity contribution in [1.82, 2.24) is 15.1 Å². The smallest absolute Gasteiger partial charge is 0.121 e. The molecular weight excluding hydrogens is 226 g/mol. The van der Waals surface area contributed by atoms with Gasteiger partial charge in [0.15, 0.2) is 0 Å². The number of aryl methyl sites for hydroxylation is 2. The molecule has 2 aromatic rings.